The molecule has 0 aromatic carbocycles. The van der Waals surface area contributed by atoms with Crippen LogP contribution in [0.2, 0.25) is 0 Å². The first-order chi connectivity index (χ1) is 5.20. The van der Waals surface area contributed by atoms with Gasteiger partial charge in [0.1, 0.15) is 11.8 Å². The molecule has 2 N–H and O–H groups in total. The zero-order valence-corrected chi connectivity index (χ0v) is 7.14. The van der Waals surface area contributed by atoms with Gasteiger partial charge >= 0.3 is 6.09 Å². The molecule has 5 nitrogen and oxygen atoms in total. The van der Waals surface area contributed by atoms with Gasteiger partial charge in [-0.2, -0.15) is 0 Å². The molecule has 0 aliphatic rings. The Hall–Kier alpha value is -0.750. The second kappa shape index (κ2) is 5.99. The number of amides is 1. The lowest BCUT2D eigenvalue weighted by Crippen LogP contribution is -2.23. The van der Waals surface area contributed by atoms with Gasteiger partial charge in [0.25, 0.3) is 0 Å². The van der Waals surface area contributed by atoms with Crippen LogP contribution in [0.3, 0.4) is 0 Å². The number of nitrogens with one attached hydrogen (secondary N) is 1. The van der Waals surface area contributed by atoms with E-state index in [1.165, 1.54) is 11.8 Å². The first-order valence-corrected chi connectivity index (χ1v) is 4.07. The van der Waals surface area contributed by atoms with E-state index in [-0.39, 0.29) is 0 Å². The summed E-state index contributed by atoms with van der Waals surface area (Å²) in [7, 11) is 0. The van der Waals surface area contributed by atoms with Gasteiger partial charge in [0.2, 0.25) is 0 Å². The van der Waals surface area contributed by atoms with Gasteiger partial charge in [-0.1, -0.05) is 5.16 Å². The molecular formula is C5H10N2O3S. The minimum atomic E-state index is -0.763. The molecular weight excluding hydrogens is 168 g/mol. The van der Waals surface area contributed by atoms with Crippen LogP contribution < -0.4 is 5.32 Å². The van der Waals surface area contributed by atoms with E-state index in [2.05, 4.69) is 9.99 Å². The van der Waals surface area contributed by atoms with Crippen LogP contribution in [0.5, 0.6) is 0 Å². The highest BCUT2D eigenvalue weighted by Crippen LogP contribution is 1.96. The highest BCUT2D eigenvalue weighted by molar-refractivity contribution is 8.13. The van der Waals surface area contributed by atoms with Crippen LogP contribution in [0, 0.1) is 0 Å². The number of carbonyl (C=O) groups is 1. The number of carbonyl (C=O) groups excluding carboxylic acids is 1. The predicted octanol–water partition coefficient (Wildman–Crippen LogP) is 0.359. The number of rotatable bonds is 2. The van der Waals surface area contributed by atoms with Gasteiger partial charge in [-0.05, 0) is 13.2 Å². The second-order valence-electron chi connectivity index (χ2n) is 1.53. The molecule has 0 aromatic heterocycles. The molecule has 1 amide bonds. The molecule has 0 saturated carbocycles. The Kier molecular flexibility index (Phi) is 5.58. The minimum Gasteiger partial charge on any atom is -0.376 e. The highest BCUT2D eigenvalue weighted by atomic mass is 32.2. The lowest BCUT2D eigenvalue weighted by Gasteiger charge is -1.97. The quantitative estimate of drug-likeness (QED) is 0.210. The fraction of sp³-hybridized carbons (Fsp3) is 0.600. The first-order valence-electron chi connectivity index (χ1n) is 2.85. The van der Waals surface area contributed by atoms with Gasteiger partial charge in [-0.15, -0.1) is 11.8 Å². The third-order valence-electron chi connectivity index (χ3n) is 0.776. The van der Waals surface area contributed by atoms with E-state index in [1.54, 1.807) is 6.92 Å². The zero-order valence-electron chi connectivity index (χ0n) is 6.33. The number of aliphatic hydroxyl groups is 1. The summed E-state index contributed by atoms with van der Waals surface area (Å²) in [5.74, 6) is 0. The third kappa shape index (κ3) is 5.68. The average Bonchev–Trinajstić information content (AvgIpc) is 2.01. The summed E-state index contributed by atoms with van der Waals surface area (Å²) in [5.41, 5.74) is 0. The van der Waals surface area contributed by atoms with Crippen molar-refractivity contribution in [1.29, 1.82) is 0 Å². The average molecular weight is 178 g/mol. The van der Waals surface area contributed by atoms with Gasteiger partial charge in [0.05, 0.1) is 0 Å². The molecule has 6 heteroatoms. The van der Waals surface area contributed by atoms with E-state index < -0.39 is 12.8 Å². The van der Waals surface area contributed by atoms with Crippen molar-refractivity contribution in [3.8, 4) is 0 Å². The molecule has 0 saturated heterocycles. The maximum atomic E-state index is 10.5. The van der Waals surface area contributed by atoms with Crippen molar-refractivity contribution < 1.29 is 14.7 Å². The van der Waals surface area contributed by atoms with Gasteiger partial charge in [0, 0.05) is 0 Å². The Labute approximate surface area is 68.8 Å². The van der Waals surface area contributed by atoms with E-state index >= 15 is 0 Å². The van der Waals surface area contributed by atoms with Crippen LogP contribution in [0.4, 0.5) is 4.79 Å². The van der Waals surface area contributed by atoms with Crippen LogP contribution in [0.15, 0.2) is 5.16 Å². The molecule has 0 rings (SSSR count). The molecule has 0 aliphatic carbocycles. The second-order valence-corrected chi connectivity index (χ2v) is 2.53. The fourth-order valence-electron chi connectivity index (χ4n) is 0.240. The normalized spacial score (nSPS) is 11.0. The monoisotopic (exact) mass is 178 g/mol. The Bertz CT molecular complexity index is 160. The van der Waals surface area contributed by atoms with Crippen LogP contribution >= 0.6 is 11.8 Å². The first kappa shape index (κ1) is 10.2. The number of aliphatic hydroxyl groups excluding tert-OH is 1. The maximum Gasteiger partial charge on any atom is 0.435 e. The largest absolute Gasteiger partial charge is 0.435 e. The fourth-order valence-corrected chi connectivity index (χ4v) is 0.352. The van der Waals surface area contributed by atoms with E-state index in [4.69, 9.17) is 5.11 Å². The molecule has 0 spiro atoms. The number of hydrogen-bond donors (Lipinski definition) is 2. The summed E-state index contributed by atoms with van der Waals surface area (Å²) in [6.07, 6.45) is 1.05. The Morgan fingerprint density at radius 1 is 1.82 bits per heavy atom. The van der Waals surface area contributed by atoms with E-state index in [0.29, 0.717) is 5.04 Å². The Balaban J connectivity index is 3.60. The van der Waals surface area contributed by atoms with Crippen molar-refractivity contribution in [2.45, 2.75) is 6.92 Å². The van der Waals surface area contributed by atoms with Crippen molar-refractivity contribution in [1.82, 2.24) is 5.32 Å². The van der Waals surface area contributed by atoms with Crippen molar-refractivity contribution >= 4 is 22.9 Å². The summed E-state index contributed by atoms with van der Waals surface area (Å²) < 4.78 is 0. The molecule has 0 fully saturated rings. The molecule has 0 bridgehead atoms. The molecule has 0 heterocycles. The lowest BCUT2D eigenvalue weighted by molar-refractivity contribution is 0.137. The van der Waals surface area contributed by atoms with E-state index in [1.807, 2.05) is 11.6 Å². The molecule has 0 aliphatic heterocycles. The minimum absolute atomic E-state index is 0.452. The number of oxime groups is 1. The van der Waals surface area contributed by atoms with Crippen LogP contribution in [-0.4, -0.2) is 29.2 Å². The summed E-state index contributed by atoms with van der Waals surface area (Å²) in [4.78, 5) is 14.7. The zero-order chi connectivity index (χ0) is 8.69. The van der Waals surface area contributed by atoms with E-state index in [9.17, 15) is 4.79 Å². The summed E-state index contributed by atoms with van der Waals surface area (Å²) in [5, 5.41) is 14.3. The number of nitrogens with zero attached hydrogens (tertiary/aromatic N) is 1. The van der Waals surface area contributed by atoms with Crippen LogP contribution in [-0.2, 0) is 4.84 Å². The van der Waals surface area contributed by atoms with Gasteiger partial charge < -0.3 is 5.11 Å². The number of thioether (sulfide) groups is 1. The lowest BCUT2D eigenvalue weighted by atomic mass is 10.9. The number of hydrogen-bond acceptors (Lipinski definition) is 5. The summed E-state index contributed by atoms with van der Waals surface area (Å²) in [6.45, 7) is 1.25. The molecule has 11 heavy (non-hydrogen) atoms. The van der Waals surface area contributed by atoms with Crippen LogP contribution in [0.25, 0.3) is 0 Å². The standard InChI is InChI=1S/C5H10N2O3S/c1-4(11-2)7-10-5(9)6-3-8/h8H,3H2,1-2H3,(H,6,9)/b7-4+. The predicted molar refractivity (Wildman–Crippen MR) is 43.3 cm³/mol. The molecule has 0 atom stereocenters. The van der Waals surface area contributed by atoms with Gasteiger partial charge in [-0.3, -0.25) is 10.2 Å². The Morgan fingerprint density at radius 3 is 2.91 bits per heavy atom. The maximum absolute atomic E-state index is 10.5. The highest BCUT2D eigenvalue weighted by Gasteiger charge is 1.97. The molecule has 0 unspecified atom stereocenters. The summed E-state index contributed by atoms with van der Waals surface area (Å²) >= 11 is 1.37. The van der Waals surface area contributed by atoms with Gasteiger partial charge in [0.15, 0.2) is 0 Å². The Morgan fingerprint density at radius 2 is 2.45 bits per heavy atom. The van der Waals surface area contributed by atoms with Crippen molar-refractivity contribution in [2.75, 3.05) is 13.0 Å². The van der Waals surface area contributed by atoms with Crippen LogP contribution in [0.1, 0.15) is 6.92 Å². The van der Waals surface area contributed by atoms with Crippen molar-refractivity contribution in [3.63, 3.8) is 0 Å². The molecule has 64 valence electrons. The van der Waals surface area contributed by atoms with E-state index in [0.717, 1.165) is 0 Å². The third-order valence-corrected chi connectivity index (χ3v) is 1.44. The molecule has 0 radical (unpaired) electrons. The van der Waals surface area contributed by atoms with Crippen molar-refractivity contribution in [2.24, 2.45) is 5.16 Å². The topological polar surface area (TPSA) is 70.9 Å². The smallest absolute Gasteiger partial charge is 0.376 e. The summed E-state index contributed by atoms with van der Waals surface area (Å²) in [6, 6.07) is 0. The van der Waals surface area contributed by atoms with Gasteiger partial charge in [-0.25, -0.2) is 4.79 Å². The van der Waals surface area contributed by atoms with Crippen molar-refractivity contribution in [3.05, 3.63) is 0 Å². The SMILES string of the molecule is CS/C(C)=N/OC(=O)NCO. The molecule has 0 aromatic rings.